The molecule has 6 heteroatoms. The SMILES string of the molecule is CSc1cccc2sc(N3CCN(C(=O)c4cccc(C)c4)CC3)nc12. The van der Waals surface area contributed by atoms with Gasteiger partial charge >= 0.3 is 0 Å². The van der Waals surface area contributed by atoms with E-state index in [1.54, 1.807) is 23.1 Å². The van der Waals surface area contributed by atoms with Crippen molar-refractivity contribution in [2.24, 2.45) is 0 Å². The molecule has 0 spiro atoms. The smallest absolute Gasteiger partial charge is 0.253 e. The van der Waals surface area contributed by atoms with Crippen molar-refractivity contribution >= 4 is 44.4 Å². The van der Waals surface area contributed by atoms with Crippen LogP contribution in [0.5, 0.6) is 0 Å². The van der Waals surface area contributed by atoms with Crippen molar-refractivity contribution in [1.82, 2.24) is 9.88 Å². The van der Waals surface area contributed by atoms with Gasteiger partial charge in [0.05, 0.1) is 10.2 Å². The highest BCUT2D eigenvalue weighted by Crippen LogP contribution is 2.34. The molecule has 0 saturated carbocycles. The number of para-hydroxylation sites is 1. The number of rotatable bonds is 3. The number of hydrogen-bond acceptors (Lipinski definition) is 5. The number of amides is 1. The number of thioether (sulfide) groups is 1. The summed E-state index contributed by atoms with van der Waals surface area (Å²) in [6.07, 6.45) is 2.09. The Balaban J connectivity index is 1.47. The molecule has 0 N–H and O–H groups in total. The minimum atomic E-state index is 0.127. The van der Waals surface area contributed by atoms with Crippen molar-refractivity contribution < 1.29 is 4.79 Å². The van der Waals surface area contributed by atoms with Crippen LogP contribution in [0.2, 0.25) is 0 Å². The first-order chi connectivity index (χ1) is 12.7. The van der Waals surface area contributed by atoms with Gasteiger partial charge in [-0.2, -0.15) is 0 Å². The second-order valence-electron chi connectivity index (χ2n) is 6.45. The number of carbonyl (C=O) groups is 1. The molecule has 1 aromatic heterocycles. The molecule has 2 aromatic carbocycles. The molecule has 4 rings (SSSR count). The second kappa shape index (κ2) is 7.29. The highest BCUT2D eigenvalue weighted by atomic mass is 32.2. The quantitative estimate of drug-likeness (QED) is 0.632. The molecule has 1 amide bonds. The molecule has 1 aliphatic heterocycles. The first-order valence-electron chi connectivity index (χ1n) is 8.70. The Morgan fingerprint density at radius 1 is 1.12 bits per heavy atom. The summed E-state index contributed by atoms with van der Waals surface area (Å²) in [5, 5.41) is 1.06. The molecule has 1 fully saturated rings. The number of aromatic nitrogens is 1. The summed E-state index contributed by atoms with van der Waals surface area (Å²) in [5.74, 6) is 0.127. The van der Waals surface area contributed by atoms with Gasteiger partial charge in [-0.1, -0.05) is 35.1 Å². The average molecular weight is 384 g/mol. The number of carbonyl (C=O) groups excluding carboxylic acids is 1. The molecule has 4 nitrogen and oxygen atoms in total. The summed E-state index contributed by atoms with van der Waals surface area (Å²) >= 11 is 3.47. The van der Waals surface area contributed by atoms with E-state index in [2.05, 4.69) is 29.4 Å². The minimum absolute atomic E-state index is 0.127. The molecule has 0 aliphatic carbocycles. The average Bonchev–Trinajstić information content (AvgIpc) is 3.12. The van der Waals surface area contributed by atoms with Crippen LogP contribution in [0.15, 0.2) is 47.4 Å². The Labute approximate surface area is 161 Å². The molecule has 1 saturated heterocycles. The largest absolute Gasteiger partial charge is 0.345 e. The zero-order chi connectivity index (χ0) is 18.1. The Hall–Kier alpha value is -2.05. The molecule has 0 radical (unpaired) electrons. The van der Waals surface area contributed by atoms with Crippen molar-refractivity contribution in [3.05, 3.63) is 53.6 Å². The fourth-order valence-electron chi connectivity index (χ4n) is 3.27. The number of thiazole rings is 1. The third kappa shape index (κ3) is 3.31. The molecular weight excluding hydrogens is 362 g/mol. The van der Waals surface area contributed by atoms with Crippen LogP contribution in [0.4, 0.5) is 5.13 Å². The molecule has 1 aliphatic rings. The van der Waals surface area contributed by atoms with Crippen LogP contribution in [0, 0.1) is 6.92 Å². The number of nitrogens with zero attached hydrogens (tertiary/aromatic N) is 3. The van der Waals surface area contributed by atoms with Crippen LogP contribution in [-0.2, 0) is 0 Å². The second-order valence-corrected chi connectivity index (χ2v) is 8.31. The number of piperazine rings is 1. The van der Waals surface area contributed by atoms with E-state index in [0.29, 0.717) is 0 Å². The first kappa shape index (κ1) is 17.4. The van der Waals surface area contributed by atoms with Crippen LogP contribution in [0.1, 0.15) is 15.9 Å². The topological polar surface area (TPSA) is 36.4 Å². The maximum absolute atomic E-state index is 12.7. The summed E-state index contributed by atoms with van der Waals surface area (Å²) in [4.78, 5) is 23.0. The van der Waals surface area contributed by atoms with Crippen molar-refractivity contribution in [1.29, 1.82) is 0 Å². The van der Waals surface area contributed by atoms with Gasteiger partial charge in [-0.05, 0) is 37.4 Å². The summed E-state index contributed by atoms with van der Waals surface area (Å²) in [7, 11) is 0. The summed E-state index contributed by atoms with van der Waals surface area (Å²) in [5.41, 5.74) is 3.00. The van der Waals surface area contributed by atoms with E-state index in [0.717, 1.165) is 48.0 Å². The monoisotopic (exact) mass is 383 g/mol. The van der Waals surface area contributed by atoms with E-state index in [1.807, 2.05) is 36.1 Å². The van der Waals surface area contributed by atoms with Crippen LogP contribution in [0.3, 0.4) is 0 Å². The molecule has 0 unspecified atom stereocenters. The van der Waals surface area contributed by atoms with Crippen molar-refractivity contribution in [2.75, 3.05) is 37.3 Å². The number of aryl methyl sites for hydroxylation is 1. The lowest BCUT2D eigenvalue weighted by Gasteiger charge is -2.34. The molecule has 0 atom stereocenters. The Kier molecular flexibility index (Phi) is 4.87. The summed E-state index contributed by atoms with van der Waals surface area (Å²) in [6, 6.07) is 14.2. The summed E-state index contributed by atoms with van der Waals surface area (Å²) < 4.78 is 1.23. The van der Waals surface area contributed by atoms with Gasteiger partial charge in [0.15, 0.2) is 5.13 Å². The highest BCUT2D eigenvalue weighted by Gasteiger charge is 2.24. The molecule has 26 heavy (non-hydrogen) atoms. The lowest BCUT2D eigenvalue weighted by Crippen LogP contribution is -2.48. The standard InChI is InChI=1S/C20H21N3OS2/c1-14-5-3-6-15(13-14)19(24)22-9-11-23(12-10-22)20-21-18-16(25-2)7-4-8-17(18)26-20/h3-8,13H,9-12H2,1-2H3. The third-order valence-electron chi connectivity index (χ3n) is 4.69. The Morgan fingerprint density at radius 3 is 2.62 bits per heavy atom. The van der Waals surface area contributed by atoms with Gasteiger partial charge in [0, 0.05) is 36.6 Å². The fourth-order valence-corrected chi connectivity index (χ4v) is 4.95. The van der Waals surface area contributed by atoms with Crippen molar-refractivity contribution in [3.8, 4) is 0 Å². The van der Waals surface area contributed by atoms with Crippen molar-refractivity contribution in [2.45, 2.75) is 11.8 Å². The third-order valence-corrected chi connectivity index (χ3v) is 6.54. The van der Waals surface area contributed by atoms with Crippen LogP contribution < -0.4 is 4.90 Å². The molecule has 2 heterocycles. The molecule has 3 aromatic rings. The van der Waals surface area contributed by atoms with Gasteiger partial charge in [0.2, 0.25) is 0 Å². The van der Waals surface area contributed by atoms with Gasteiger partial charge in [-0.3, -0.25) is 4.79 Å². The lowest BCUT2D eigenvalue weighted by atomic mass is 10.1. The Bertz CT molecular complexity index is 945. The van der Waals surface area contributed by atoms with Gasteiger partial charge in [-0.25, -0.2) is 4.98 Å². The minimum Gasteiger partial charge on any atom is -0.345 e. The predicted molar refractivity (Wildman–Crippen MR) is 111 cm³/mol. The van der Waals surface area contributed by atoms with Crippen LogP contribution >= 0.6 is 23.1 Å². The number of benzene rings is 2. The van der Waals surface area contributed by atoms with Crippen LogP contribution in [-0.4, -0.2) is 48.2 Å². The maximum atomic E-state index is 12.7. The van der Waals surface area contributed by atoms with Gasteiger partial charge in [0.25, 0.3) is 5.91 Å². The molecular formula is C20H21N3OS2. The Morgan fingerprint density at radius 2 is 1.88 bits per heavy atom. The normalized spacial score (nSPS) is 14.8. The van der Waals surface area contributed by atoms with E-state index < -0.39 is 0 Å². The zero-order valence-corrected chi connectivity index (χ0v) is 16.6. The zero-order valence-electron chi connectivity index (χ0n) is 14.9. The van der Waals surface area contributed by atoms with E-state index in [4.69, 9.17) is 4.98 Å². The van der Waals surface area contributed by atoms with Crippen molar-refractivity contribution in [3.63, 3.8) is 0 Å². The number of hydrogen-bond donors (Lipinski definition) is 0. The van der Waals surface area contributed by atoms with Gasteiger partial charge < -0.3 is 9.80 Å². The van der Waals surface area contributed by atoms with E-state index in [-0.39, 0.29) is 5.91 Å². The number of fused-ring (bicyclic) bond motifs is 1. The summed E-state index contributed by atoms with van der Waals surface area (Å²) in [6.45, 7) is 5.14. The highest BCUT2D eigenvalue weighted by molar-refractivity contribution is 7.98. The van der Waals surface area contributed by atoms with E-state index in [1.165, 1.54) is 9.60 Å². The molecule has 0 bridgehead atoms. The fraction of sp³-hybridized carbons (Fsp3) is 0.300. The maximum Gasteiger partial charge on any atom is 0.253 e. The van der Waals surface area contributed by atoms with Gasteiger partial charge in [0.1, 0.15) is 0 Å². The molecule has 134 valence electrons. The van der Waals surface area contributed by atoms with Crippen LogP contribution in [0.25, 0.3) is 10.2 Å². The lowest BCUT2D eigenvalue weighted by molar-refractivity contribution is 0.0746. The van der Waals surface area contributed by atoms with E-state index >= 15 is 0 Å². The first-order valence-corrected chi connectivity index (χ1v) is 10.7. The number of anilines is 1. The van der Waals surface area contributed by atoms with Gasteiger partial charge in [-0.15, -0.1) is 11.8 Å². The predicted octanol–water partition coefficient (Wildman–Crippen LogP) is 4.29. The van der Waals surface area contributed by atoms with E-state index in [9.17, 15) is 4.79 Å².